The lowest BCUT2D eigenvalue weighted by Gasteiger charge is -2.06. The van der Waals surface area contributed by atoms with Gasteiger partial charge in [0.15, 0.2) is 0 Å². The van der Waals surface area contributed by atoms with Crippen LogP contribution in [0.4, 0.5) is 0 Å². The van der Waals surface area contributed by atoms with Crippen LogP contribution in [0.2, 0.25) is 0 Å². The van der Waals surface area contributed by atoms with E-state index in [4.69, 9.17) is 0 Å². The molecule has 0 radical (unpaired) electrons. The van der Waals surface area contributed by atoms with Crippen molar-refractivity contribution < 1.29 is 0 Å². The average molecular weight is 471 g/mol. The maximum absolute atomic E-state index is 2.41. The van der Waals surface area contributed by atoms with Crippen molar-refractivity contribution in [1.82, 2.24) is 0 Å². The molecular weight excluding hydrogens is 441 g/mol. The van der Waals surface area contributed by atoms with Crippen LogP contribution in [0.1, 0.15) is 58.5 Å². The van der Waals surface area contributed by atoms with E-state index in [1.54, 1.807) is 0 Å². The van der Waals surface area contributed by atoms with Gasteiger partial charge in [-0.25, -0.2) is 0 Å². The predicted molar refractivity (Wildman–Crippen MR) is 141 cm³/mol. The fraction of sp³-hybridized carbons (Fsp3) is 0.385. The summed E-state index contributed by atoms with van der Waals surface area (Å²) >= 11 is 7.90. The standard InChI is InChI=1S/C26H30S4/c1-12-10-23(24-15(4)13(2)18(7)27-24)30-22(12)11-21-17(6)20(9)29-26(21)25-16(5)14(3)19(8)28-25/h10H,11H2,1-9H3. The van der Waals surface area contributed by atoms with Gasteiger partial charge >= 0.3 is 0 Å². The zero-order valence-electron chi connectivity index (χ0n) is 19.4. The number of hydrogen-bond donors (Lipinski definition) is 0. The molecule has 0 saturated carbocycles. The Hall–Kier alpha value is -1.20. The van der Waals surface area contributed by atoms with E-state index >= 15 is 0 Å². The van der Waals surface area contributed by atoms with Crippen LogP contribution in [-0.4, -0.2) is 0 Å². The second-order valence-corrected chi connectivity index (χ2v) is 13.3. The zero-order chi connectivity index (χ0) is 21.9. The second kappa shape index (κ2) is 8.05. The molecule has 0 bridgehead atoms. The summed E-state index contributed by atoms with van der Waals surface area (Å²) < 4.78 is 0. The third-order valence-electron chi connectivity index (χ3n) is 6.67. The van der Waals surface area contributed by atoms with Gasteiger partial charge in [-0.15, -0.1) is 45.3 Å². The Labute approximate surface area is 197 Å². The summed E-state index contributed by atoms with van der Waals surface area (Å²) in [4.78, 5) is 11.7. The van der Waals surface area contributed by atoms with Crippen molar-refractivity contribution in [2.75, 3.05) is 0 Å². The van der Waals surface area contributed by atoms with E-state index in [-0.39, 0.29) is 0 Å². The van der Waals surface area contributed by atoms with Crippen molar-refractivity contribution in [2.45, 2.75) is 68.7 Å². The highest BCUT2D eigenvalue weighted by Crippen LogP contribution is 2.46. The highest BCUT2D eigenvalue weighted by molar-refractivity contribution is 7.23. The molecule has 0 saturated heterocycles. The minimum absolute atomic E-state index is 1.04. The largest absolute Gasteiger partial charge is 0.139 e. The number of hydrogen-bond acceptors (Lipinski definition) is 4. The van der Waals surface area contributed by atoms with Crippen LogP contribution >= 0.6 is 45.3 Å². The summed E-state index contributed by atoms with van der Waals surface area (Å²) in [5.74, 6) is 0. The van der Waals surface area contributed by atoms with Gasteiger partial charge < -0.3 is 0 Å². The van der Waals surface area contributed by atoms with Crippen LogP contribution < -0.4 is 0 Å². The molecule has 0 aliphatic heterocycles. The smallest absolute Gasteiger partial charge is 0.0486 e. The van der Waals surface area contributed by atoms with E-state index in [9.17, 15) is 0 Å². The van der Waals surface area contributed by atoms with Gasteiger partial charge in [0.2, 0.25) is 0 Å². The van der Waals surface area contributed by atoms with E-state index in [0.29, 0.717) is 0 Å². The van der Waals surface area contributed by atoms with E-state index in [1.165, 1.54) is 78.0 Å². The Kier molecular flexibility index (Phi) is 5.91. The maximum Gasteiger partial charge on any atom is 0.0486 e. The summed E-state index contributed by atoms with van der Waals surface area (Å²) in [5, 5.41) is 0. The molecule has 4 rings (SSSR count). The highest BCUT2D eigenvalue weighted by atomic mass is 32.1. The molecule has 0 aromatic carbocycles. The van der Waals surface area contributed by atoms with Gasteiger partial charge in [0.25, 0.3) is 0 Å². The van der Waals surface area contributed by atoms with Crippen molar-refractivity contribution in [3.63, 3.8) is 0 Å². The van der Waals surface area contributed by atoms with E-state index in [2.05, 4.69) is 68.4 Å². The van der Waals surface area contributed by atoms with Crippen molar-refractivity contribution in [1.29, 1.82) is 0 Å². The SMILES string of the molecule is Cc1cc(-c2sc(C)c(C)c2C)sc1Cc1c(-c2sc(C)c(C)c2C)sc(C)c1C. The van der Waals surface area contributed by atoms with Crippen LogP contribution in [0, 0.1) is 62.3 Å². The van der Waals surface area contributed by atoms with Gasteiger partial charge in [-0.3, -0.25) is 0 Å². The zero-order valence-corrected chi connectivity index (χ0v) is 22.7. The molecule has 0 aliphatic carbocycles. The Bertz CT molecular complexity index is 1250. The Morgan fingerprint density at radius 3 is 1.57 bits per heavy atom. The fourth-order valence-corrected chi connectivity index (χ4v) is 9.04. The highest BCUT2D eigenvalue weighted by Gasteiger charge is 2.21. The molecule has 4 heterocycles. The van der Waals surface area contributed by atoms with Crippen LogP contribution in [0.15, 0.2) is 6.07 Å². The third-order valence-corrected chi connectivity index (χ3v) is 12.1. The first-order valence-corrected chi connectivity index (χ1v) is 13.7. The lowest BCUT2D eigenvalue weighted by molar-refractivity contribution is 1.18. The topological polar surface area (TPSA) is 0 Å². The van der Waals surface area contributed by atoms with Crippen LogP contribution in [-0.2, 0) is 6.42 Å². The monoisotopic (exact) mass is 470 g/mol. The van der Waals surface area contributed by atoms with E-state index in [1.807, 2.05) is 45.3 Å². The Morgan fingerprint density at radius 1 is 0.533 bits per heavy atom. The molecule has 0 aliphatic rings. The first-order valence-electron chi connectivity index (χ1n) is 10.4. The molecule has 0 N–H and O–H groups in total. The first kappa shape index (κ1) is 22.0. The first-order chi connectivity index (χ1) is 14.1. The molecule has 0 nitrogen and oxygen atoms in total. The third kappa shape index (κ3) is 3.56. The fourth-order valence-electron chi connectivity index (χ4n) is 3.97. The van der Waals surface area contributed by atoms with Gasteiger partial charge in [-0.1, -0.05) is 0 Å². The van der Waals surface area contributed by atoms with E-state index < -0.39 is 0 Å². The lowest BCUT2D eigenvalue weighted by Crippen LogP contribution is -1.91. The molecule has 4 heteroatoms. The lowest BCUT2D eigenvalue weighted by atomic mass is 10.0. The van der Waals surface area contributed by atoms with E-state index in [0.717, 1.165) is 6.42 Å². The summed E-state index contributed by atoms with van der Waals surface area (Å²) in [6, 6.07) is 2.41. The molecule has 0 amide bonds. The summed E-state index contributed by atoms with van der Waals surface area (Å²) in [6.07, 6.45) is 1.04. The number of thiophene rings is 4. The van der Waals surface area contributed by atoms with Crippen molar-refractivity contribution in [3.05, 3.63) is 64.5 Å². The summed E-state index contributed by atoms with van der Waals surface area (Å²) in [7, 11) is 0. The quantitative estimate of drug-likeness (QED) is 0.278. The molecule has 0 fully saturated rings. The second-order valence-electron chi connectivity index (χ2n) is 8.46. The van der Waals surface area contributed by atoms with Crippen molar-refractivity contribution in [3.8, 4) is 19.5 Å². The van der Waals surface area contributed by atoms with Gasteiger partial charge in [0.1, 0.15) is 0 Å². The van der Waals surface area contributed by atoms with Gasteiger partial charge in [0.05, 0.1) is 0 Å². The van der Waals surface area contributed by atoms with Crippen molar-refractivity contribution in [2.24, 2.45) is 0 Å². The van der Waals surface area contributed by atoms with Gasteiger partial charge in [-0.2, -0.15) is 0 Å². The molecule has 0 spiro atoms. The Morgan fingerprint density at radius 2 is 1.03 bits per heavy atom. The van der Waals surface area contributed by atoms with Crippen LogP contribution in [0.3, 0.4) is 0 Å². The van der Waals surface area contributed by atoms with Gasteiger partial charge in [-0.05, 0) is 107 Å². The Balaban J connectivity index is 1.78. The maximum atomic E-state index is 2.41. The van der Waals surface area contributed by atoms with Crippen LogP contribution in [0.5, 0.6) is 0 Å². The number of rotatable bonds is 4. The van der Waals surface area contributed by atoms with Gasteiger partial charge in [0, 0.05) is 45.4 Å². The van der Waals surface area contributed by atoms with Crippen LogP contribution in [0.25, 0.3) is 19.5 Å². The molecule has 30 heavy (non-hydrogen) atoms. The molecule has 0 atom stereocenters. The summed E-state index contributed by atoms with van der Waals surface area (Å²) in [5.41, 5.74) is 10.3. The molecule has 4 aromatic rings. The summed E-state index contributed by atoms with van der Waals surface area (Å²) in [6.45, 7) is 20.5. The van der Waals surface area contributed by atoms with Crippen molar-refractivity contribution >= 4 is 45.3 Å². The number of aryl methyl sites for hydroxylation is 4. The average Bonchev–Trinajstić information content (AvgIpc) is 3.36. The minimum Gasteiger partial charge on any atom is -0.139 e. The molecule has 158 valence electrons. The predicted octanol–water partition coefficient (Wildman–Crippen LogP) is 9.63. The molecule has 4 aromatic heterocycles. The molecular formula is C26H30S4. The minimum atomic E-state index is 1.04. The molecule has 0 unspecified atom stereocenters. The normalized spacial score (nSPS) is 11.6.